The number of nitrogens with zero attached hydrogens (tertiary/aromatic N) is 1. The van der Waals surface area contributed by atoms with Gasteiger partial charge in [-0.3, -0.25) is 9.10 Å². The molecule has 0 aliphatic carbocycles. The van der Waals surface area contributed by atoms with Crippen LogP contribution < -0.4 is 4.31 Å². The van der Waals surface area contributed by atoms with E-state index >= 15 is 0 Å². The summed E-state index contributed by atoms with van der Waals surface area (Å²) in [4.78, 5) is 11.1. The van der Waals surface area contributed by atoms with Gasteiger partial charge in [0.05, 0.1) is 17.0 Å². The summed E-state index contributed by atoms with van der Waals surface area (Å²) in [7, 11) is -3.81. The second-order valence-electron chi connectivity index (χ2n) is 5.78. The fourth-order valence-corrected chi connectivity index (χ4v) is 3.82. The third kappa shape index (κ3) is 4.14. The van der Waals surface area contributed by atoms with Gasteiger partial charge in [0.15, 0.2) is 0 Å². The normalized spacial score (nSPS) is 11.5. The summed E-state index contributed by atoms with van der Waals surface area (Å²) < 4.78 is 26.9. The van der Waals surface area contributed by atoms with Crippen molar-refractivity contribution in [3.05, 3.63) is 60.2 Å². The molecule has 0 spiro atoms. The number of anilines is 1. The van der Waals surface area contributed by atoms with Crippen molar-refractivity contribution in [1.82, 2.24) is 0 Å². The van der Waals surface area contributed by atoms with E-state index in [-0.39, 0.29) is 17.9 Å². The zero-order valence-corrected chi connectivity index (χ0v) is 14.5. The number of aliphatic carboxylic acids is 1. The number of benzene rings is 2. The van der Waals surface area contributed by atoms with E-state index in [1.54, 1.807) is 30.3 Å². The van der Waals surface area contributed by atoms with Crippen LogP contribution in [0.2, 0.25) is 0 Å². The first kappa shape index (κ1) is 18.0. The minimum Gasteiger partial charge on any atom is -0.481 e. The first-order valence-corrected chi connectivity index (χ1v) is 9.16. The Morgan fingerprint density at radius 2 is 1.62 bits per heavy atom. The third-order valence-electron chi connectivity index (χ3n) is 3.71. The highest BCUT2D eigenvalue weighted by atomic mass is 32.2. The number of carboxylic acids is 1. The summed E-state index contributed by atoms with van der Waals surface area (Å²) in [6.45, 7) is 3.99. The zero-order chi connectivity index (χ0) is 17.7. The van der Waals surface area contributed by atoms with Crippen LogP contribution in [-0.4, -0.2) is 26.0 Å². The van der Waals surface area contributed by atoms with Crippen molar-refractivity contribution in [2.75, 3.05) is 10.8 Å². The minimum absolute atomic E-state index is 0.117. The Hall–Kier alpha value is -2.34. The van der Waals surface area contributed by atoms with Gasteiger partial charge in [-0.1, -0.05) is 44.2 Å². The first-order valence-electron chi connectivity index (χ1n) is 7.72. The van der Waals surface area contributed by atoms with Crippen LogP contribution in [0.4, 0.5) is 5.69 Å². The molecule has 2 aromatic carbocycles. The molecule has 0 amide bonds. The molecule has 0 aromatic heterocycles. The summed E-state index contributed by atoms with van der Waals surface area (Å²) in [5.41, 5.74) is 1.55. The summed E-state index contributed by atoms with van der Waals surface area (Å²) in [5, 5.41) is 8.94. The van der Waals surface area contributed by atoms with Gasteiger partial charge in [-0.05, 0) is 35.7 Å². The average Bonchev–Trinajstić information content (AvgIpc) is 2.56. The molecule has 0 saturated heterocycles. The molecule has 0 heterocycles. The van der Waals surface area contributed by atoms with Crippen molar-refractivity contribution in [3.63, 3.8) is 0 Å². The van der Waals surface area contributed by atoms with Gasteiger partial charge in [0.25, 0.3) is 10.0 Å². The summed E-state index contributed by atoms with van der Waals surface area (Å²) in [5.74, 6) is -0.709. The van der Waals surface area contributed by atoms with E-state index in [1.807, 2.05) is 12.1 Å². The van der Waals surface area contributed by atoms with E-state index < -0.39 is 16.0 Å². The van der Waals surface area contributed by atoms with Gasteiger partial charge in [-0.15, -0.1) is 0 Å². The van der Waals surface area contributed by atoms with Crippen LogP contribution in [-0.2, 0) is 14.8 Å². The Bertz CT molecular complexity index is 784. The molecule has 6 heteroatoms. The predicted molar refractivity (Wildman–Crippen MR) is 93.8 cm³/mol. The maximum absolute atomic E-state index is 12.9. The molecule has 2 aromatic rings. The molecule has 0 bridgehead atoms. The molecule has 128 valence electrons. The SMILES string of the molecule is CC(C)c1ccc(N(CCC(=O)O)S(=O)(=O)c2ccccc2)cc1. The predicted octanol–water partition coefficient (Wildman–Crippen LogP) is 3.48. The maximum atomic E-state index is 12.9. The lowest BCUT2D eigenvalue weighted by Crippen LogP contribution is -2.33. The van der Waals surface area contributed by atoms with Crippen molar-refractivity contribution < 1.29 is 18.3 Å². The molecule has 0 aliphatic rings. The van der Waals surface area contributed by atoms with E-state index in [1.165, 1.54) is 12.1 Å². The zero-order valence-electron chi connectivity index (χ0n) is 13.7. The Balaban J connectivity index is 2.42. The Morgan fingerprint density at radius 3 is 2.12 bits per heavy atom. The Labute approximate surface area is 142 Å². The lowest BCUT2D eigenvalue weighted by Gasteiger charge is -2.24. The van der Waals surface area contributed by atoms with Crippen molar-refractivity contribution in [2.24, 2.45) is 0 Å². The molecule has 24 heavy (non-hydrogen) atoms. The molecule has 0 unspecified atom stereocenters. The highest BCUT2D eigenvalue weighted by Gasteiger charge is 2.25. The van der Waals surface area contributed by atoms with Crippen LogP contribution in [0.3, 0.4) is 0 Å². The number of sulfonamides is 1. The number of carboxylic acid groups (broad SMARTS) is 1. The van der Waals surface area contributed by atoms with E-state index in [4.69, 9.17) is 5.11 Å². The molecule has 2 rings (SSSR count). The van der Waals surface area contributed by atoms with Gasteiger partial charge in [0.1, 0.15) is 0 Å². The molecular weight excluding hydrogens is 326 g/mol. The van der Waals surface area contributed by atoms with E-state index in [0.29, 0.717) is 11.6 Å². The average molecular weight is 347 g/mol. The van der Waals surface area contributed by atoms with Crippen molar-refractivity contribution in [1.29, 1.82) is 0 Å². The van der Waals surface area contributed by atoms with Crippen LogP contribution in [0.25, 0.3) is 0 Å². The quantitative estimate of drug-likeness (QED) is 0.832. The fraction of sp³-hybridized carbons (Fsp3) is 0.278. The highest BCUT2D eigenvalue weighted by molar-refractivity contribution is 7.92. The van der Waals surface area contributed by atoms with E-state index in [2.05, 4.69) is 13.8 Å². The van der Waals surface area contributed by atoms with Gasteiger partial charge in [0, 0.05) is 6.54 Å². The lowest BCUT2D eigenvalue weighted by molar-refractivity contribution is -0.136. The summed E-state index contributed by atoms with van der Waals surface area (Å²) >= 11 is 0. The number of carbonyl (C=O) groups is 1. The third-order valence-corrected chi connectivity index (χ3v) is 5.55. The largest absolute Gasteiger partial charge is 0.481 e. The van der Waals surface area contributed by atoms with Crippen molar-refractivity contribution >= 4 is 21.7 Å². The van der Waals surface area contributed by atoms with Crippen LogP contribution in [0.1, 0.15) is 31.7 Å². The van der Waals surface area contributed by atoms with Crippen LogP contribution in [0.15, 0.2) is 59.5 Å². The Kier molecular flexibility index (Phi) is 5.62. The molecule has 0 aliphatic heterocycles. The van der Waals surface area contributed by atoms with Crippen LogP contribution in [0.5, 0.6) is 0 Å². The minimum atomic E-state index is -3.81. The first-order chi connectivity index (χ1) is 11.3. The van der Waals surface area contributed by atoms with Gasteiger partial charge in [0.2, 0.25) is 0 Å². The van der Waals surface area contributed by atoms with E-state index in [9.17, 15) is 13.2 Å². The monoisotopic (exact) mass is 347 g/mol. The molecule has 0 radical (unpaired) electrons. The fourth-order valence-electron chi connectivity index (χ4n) is 2.33. The molecule has 0 atom stereocenters. The number of rotatable bonds is 7. The molecular formula is C18H21NO4S. The van der Waals surface area contributed by atoms with Gasteiger partial charge in [-0.2, -0.15) is 0 Å². The smallest absolute Gasteiger partial charge is 0.305 e. The highest BCUT2D eigenvalue weighted by Crippen LogP contribution is 2.26. The second kappa shape index (κ2) is 7.49. The lowest BCUT2D eigenvalue weighted by atomic mass is 10.0. The summed E-state index contributed by atoms with van der Waals surface area (Å²) in [6.07, 6.45) is -0.266. The number of hydrogen-bond donors (Lipinski definition) is 1. The molecule has 5 nitrogen and oxygen atoms in total. The van der Waals surface area contributed by atoms with E-state index in [0.717, 1.165) is 9.87 Å². The Morgan fingerprint density at radius 1 is 1.04 bits per heavy atom. The van der Waals surface area contributed by atoms with Crippen LogP contribution >= 0.6 is 0 Å². The van der Waals surface area contributed by atoms with Crippen molar-refractivity contribution in [3.8, 4) is 0 Å². The summed E-state index contributed by atoms with van der Waals surface area (Å²) in [6, 6.07) is 15.2. The maximum Gasteiger partial charge on any atom is 0.305 e. The topological polar surface area (TPSA) is 74.7 Å². The van der Waals surface area contributed by atoms with Crippen LogP contribution in [0, 0.1) is 0 Å². The van der Waals surface area contributed by atoms with Crippen molar-refractivity contribution in [2.45, 2.75) is 31.1 Å². The molecule has 0 saturated carbocycles. The van der Waals surface area contributed by atoms with Gasteiger partial charge < -0.3 is 5.11 Å². The van der Waals surface area contributed by atoms with Gasteiger partial charge in [-0.25, -0.2) is 8.42 Å². The second-order valence-corrected chi connectivity index (χ2v) is 7.64. The molecule has 1 N–H and O–H groups in total. The molecule has 0 fully saturated rings. The number of hydrogen-bond acceptors (Lipinski definition) is 3. The van der Waals surface area contributed by atoms with Gasteiger partial charge >= 0.3 is 5.97 Å². The standard InChI is InChI=1S/C18H21NO4S/c1-14(2)15-8-10-16(11-9-15)19(13-12-18(20)21)24(22,23)17-6-4-3-5-7-17/h3-11,14H,12-13H2,1-2H3,(H,20,21).